The second kappa shape index (κ2) is 5.11. The molecular formula is C9H19O2Sb. The number of hydrogen-bond acceptors (Lipinski definition) is 2. The molecule has 0 spiro atoms. The molecule has 72 valence electrons. The van der Waals surface area contributed by atoms with Crippen LogP contribution in [0.4, 0.5) is 0 Å². The number of esters is 1. The van der Waals surface area contributed by atoms with Crippen LogP contribution in [0.1, 0.15) is 27.7 Å². The maximum absolute atomic E-state index is 11.4. The molecule has 0 saturated carbocycles. The second-order valence-electron chi connectivity index (χ2n) is 3.22. The fourth-order valence-electron chi connectivity index (χ4n) is 1.39. The molecule has 0 aromatic heterocycles. The van der Waals surface area contributed by atoms with Crippen molar-refractivity contribution in [2.75, 3.05) is 7.11 Å². The molecule has 0 amide bonds. The number of carbonyl (C=O) groups excluding carboxylic acids is 1. The van der Waals surface area contributed by atoms with E-state index in [1.807, 2.05) is 13.8 Å². The van der Waals surface area contributed by atoms with E-state index in [-0.39, 0.29) is 9.33 Å². The summed E-state index contributed by atoms with van der Waals surface area (Å²) in [6, 6.07) is 0. The molecule has 0 aliphatic carbocycles. The third-order valence-corrected chi connectivity index (χ3v) is 11.6. The van der Waals surface area contributed by atoms with E-state index in [1.165, 1.54) is 15.8 Å². The van der Waals surface area contributed by atoms with Crippen LogP contribution in [0.5, 0.6) is 0 Å². The van der Waals surface area contributed by atoms with Crippen LogP contribution in [0.2, 0.25) is 12.1 Å². The number of ether oxygens (including phenoxy) is 1. The first-order valence-corrected chi connectivity index (χ1v) is 9.22. The molecule has 0 fully saturated rings. The summed E-state index contributed by atoms with van der Waals surface area (Å²) >= 11 is -1.39. The van der Waals surface area contributed by atoms with Crippen LogP contribution >= 0.6 is 0 Å². The predicted molar refractivity (Wildman–Crippen MR) is 52.8 cm³/mol. The van der Waals surface area contributed by atoms with Gasteiger partial charge >= 0.3 is 82.6 Å². The summed E-state index contributed by atoms with van der Waals surface area (Å²) in [7, 11) is 1.48. The maximum atomic E-state index is 11.4. The van der Waals surface area contributed by atoms with Gasteiger partial charge in [0.15, 0.2) is 0 Å². The molecule has 0 heterocycles. The molecule has 2 nitrogen and oxygen atoms in total. The van der Waals surface area contributed by atoms with Crippen molar-refractivity contribution in [2.45, 2.75) is 39.8 Å². The second-order valence-corrected chi connectivity index (χ2v) is 13.1. The number of rotatable bonds is 4. The zero-order valence-electron chi connectivity index (χ0n) is 8.68. The molecule has 0 aromatic rings. The molecule has 0 atom stereocenters. The van der Waals surface area contributed by atoms with Crippen LogP contribution < -0.4 is 0 Å². The van der Waals surface area contributed by atoms with Crippen LogP contribution in [-0.4, -0.2) is 33.3 Å². The van der Waals surface area contributed by atoms with E-state index < -0.39 is 20.2 Å². The van der Waals surface area contributed by atoms with E-state index in [2.05, 4.69) is 13.8 Å². The average Bonchev–Trinajstić information content (AvgIpc) is 2.04. The summed E-state index contributed by atoms with van der Waals surface area (Å²) in [6.45, 7) is 8.46. The van der Waals surface area contributed by atoms with Crippen molar-refractivity contribution in [3.05, 3.63) is 0 Å². The Balaban J connectivity index is 4.44. The van der Waals surface area contributed by atoms with Crippen LogP contribution in [0.25, 0.3) is 0 Å². The van der Waals surface area contributed by atoms with Gasteiger partial charge in [-0.05, 0) is 0 Å². The Labute approximate surface area is 82.6 Å². The fourth-order valence-corrected chi connectivity index (χ4v) is 8.18. The summed E-state index contributed by atoms with van der Waals surface area (Å²) in [5.41, 5.74) is 0. The molecule has 3 heteroatoms. The molecule has 0 radical (unpaired) electrons. The minimum absolute atomic E-state index is 0.0193. The predicted octanol–water partition coefficient (Wildman–Crippen LogP) is 2.47. The van der Waals surface area contributed by atoms with Gasteiger partial charge in [0.25, 0.3) is 0 Å². The van der Waals surface area contributed by atoms with E-state index in [4.69, 9.17) is 4.74 Å². The van der Waals surface area contributed by atoms with Gasteiger partial charge in [-0.2, -0.15) is 0 Å². The summed E-state index contributed by atoms with van der Waals surface area (Å²) in [6.07, 6.45) is 0. The summed E-state index contributed by atoms with van der Waals surface area (Å²) in [5, 5.41) is 0. The van der Waals surface area contributed by atoms with Gasteiger partial charge in [0, 0.05) is 0 Å². The van der Waals surface area contributed by atoms with E-state index in [0.29, 0.717) is 0 Å². The molecule has 0 N–H and O–H groups in total. The molecule has 12 heavy (non-hydrogen) atoms. The average molecular weight is 281 g/mol. The number of hydrogen-bond donors (Lipinski definition) is 0. The topological polar surface area (TPSA) is 26.3 Å². The summed E-state index contributed by atoms with van der Waals surface area (Å²) in [4.78, 5) is 11.4. The van der Waals surface area contributed by atoms with Crippen molar-refractivity contribution in [2.24, 2.45) is 0 Å². The van der Waals surface area contributed by atoms with Crippen molar-refractivity contribution in [1.82, 2.24) is 0 Å². The van der Waals surface area contributed by atoms with Gasteiger partial charge in [-0.3, -0.25) is 0 Å². The van der Waals surface area contributed by atoms with E-state index in [9.17, 15) is 4.79 Å². The van der Waals surface area contributed by atoms with Crippen molar-refractivity contribution in [1.29, 1.82) is 0 Å². The van der Waals surface area contributed by atoms with E-state index in [0.717, 1.165) is 0 Å². The zero-order valence-corrected chi connectivity index (χ0v) is 11.2. The molecule has 0 saturated heterocycles. The van der Waals surface area contributed by atoms with Crippen LogP contribution in [-0.2, 0) is 9.53 Å². The zero-order chi connectivity index (χ0) is 9.78. The van der Waals surface area contributed by atoms with Gasteiger partial charge < -0.3 is 0 Å². The molecular weight excluding hydrogens is 262 g/mol. The number of methoxy groups -OCH3 is 1. The molecule has 0 bridgehead atoms. The Morgan fingerprint density at radius 3 is 2.00 bits per heavy atom. The van der Waals surface area contributed by atoms with Crippen molar-refractivity contribution < 1.29 is 9.53 Å². The van der Waals surface area contributed by atoms with Crippen LogP contribution in [0.15, 0.2) is 0 Å². The quantitative estimate of drug-likeness (QED) is 0.584. The Morgan fingerprint density at radius 1 is 1.33 bits per heavy atom. The third-order valence-electron chi connectivity index (χ3n) is 2.24. The molecule has 0 aromatic carbocycles. The first-order valence-electron chi connectivity index (χ1n) is 4.34. The normalized spacial score (nSPS) is 11.8. The molecule has 0 unspecified atom stereocenters. The first kappa shape index (κ1) is 12.3. The van der Waals surface area contributed by atoms with Gasteiger partial charge in [0.05, 0.1) is 0 Å². The van der Waals surface area contributed by atoms with Gasteiger partial charge in [-0.1, -0.05) is 0 Å². The standard InChI is InChI=1S/C5H9O2.2C2H5.Sb/c1-4(2)5(6)7-3;2*1-2;/h1-3H3;2*1H2,2H3;. The van der Waals surface area contributed by atoms with Gasteiger partial charge in [0.1, 0.15) is 0 Å². The number of carbonyl (C=O) groups is 1. The van der Waals surface area contributed by atoms with E-state index >= 15 is 0 Å². The monoisotopic (exact) mass is 280 g/mol. The summed E-state index contributed by atoms with van der Waals surface area (Å²) < 4.78 is 7.07. The first-order chi connectivity index (χ1) is 5.50. The molecule has 0 aliphatic heterocycles. The molecule has 0 aliphatic rings. The minimum atomic E-state index is -1.39. The third kappa shape index (κ3) is 2.65. The van der Waals surface area contributed by atoms with Crippen LogP contribution in [0.3, 0.4) is 0 Å². The van der Waals surface area contributed by atoms with Crippen molar-refractivity contribution in [3.8, 4) is 0 Å². The summed E-state index contributed by atoms with van der Waals surface area (Å²) in [5.74, 6) is -0.0193. The Hall–Kier alpha value is 0.288. The van der Waals surface area contributed by atoms with Crippen molar-refractivity contribution in [3.63, 3.8) is 0 Å². The van der Waals surface area contributed by atoms with Gasteiger partial charge in [0.2, 0.25) is 0 Å². The van der Waals surface area contributed by atoms with Crippen LogP contribution in [0, 0.1) is 0 Å². The van der Waals surface area contributed by atoms with Crippen molar-refractivity contribution >= 4 is 26.2 Å². The van der Waals surface area contributed by atoms with Gasteiger partial charge in [-0.25, -0.2) is 0 Å². The van der Waals surface area contributed by atoms with Gasteiger partial charge in [-0.15, -0.1) is 0 Å². The Morgan fingerprint density at radius 2 is 1.75 bits per heavy atom. The fraction of sp³-hybridized carbons (Fsp3) is 0.889. The van der Waals surface area contributed by atoms with E-state index in [1.54, 1.807) is 0 Å². The SMILES string of the molecule is C[CH2][Sb]([CH2]C)[C](C)(C)C(=O)OC. The molecule has 0 rings (SSSR count). The Bertz CT molecular complexity index is 151. The Kier molecular flexibility index (Phi) is 5.23.